The van der Waals surface area contributed by atoms with E-state index in [1.165, 1.54) is 0 Å². The van der Waals surface area contributed by atoms with Crippen LogP contribution in [0.4, 0.5) is 4.79 Å². The highest BCUT2D eigenvalue weighted by Gasteiger charge is 2.35. The zero-order valence-corrected chi connectivity index (χ0v) is 44.6. The van der Waals surface area contributed by atoms with Gasteiger partial charge in [-0.15, -0.1) is 0 Å². The summed E-state index contributed by atoms with van der Waals surface area (Å²) in [5.74, 6) is -7.65. The van der Waals surface area contributed by atoms with E-state index >= 15 is 0 Å². The van der Waals surface area contributed by atoms with Crippen LogP contribution in [0.15, 0.2) is 30.3 Å². The lowest BCUT2D eigenvalue weighted by molar-refractivity contribution is -0.136. The highest BCUT2D eigenvalue weighted by molar-refractivity contribution is 5.97. The second-order valence-corrected chi connectivity index (χ2v) is 20.3. The van der Waals surface area contributed by atoms with Gasteiger partial charge in [-0.1, -0.05) is 97.1 Å². The van der Waals surface area contributed by atoms with Crippen LogP contribution in [0, 0.1) is 23.7 Å². The third-order valence-electron chi connectivity index (χ3n) is 12.7. The predicted octanol–water partition coefficient (Wildman–Crippen LogP) is 0.459. The molecule has 1 aliphatic rings. The molecule has 74 heavy (non-hydrogen) atoms. The van der Waals surface area contributed by atoms with Gasteiger partial charge in [0.05, 0.1) is 18.7 Å². The molecule has 1 saturated heterocycles. The number of benzene rings is 1. The Hall–Kier alpha value is -5.55. The molecule has 418 valence electrons. The summed E-state index contributed by atoms with van der Waals surface area (Å²) in [6.07, 6.45) is 3.61. The number of carbonyl (C=O) groups excluding carboxylic acids is 9. The smallest absolute Gasteiger partial charge is 0.336 e. The Bertz CT molecular complexity index is 1920. The molecule has 1 aromatic carbocycles. The van der Waals surface area contributed by atoms with Gasteiger partial charge in [0, 0.05) is 50.6 Å². The van der Waals surface area contributed by atoms with Gasteiger partial charge in [-0.3, -0.25) is 43.8 Å². The minimum absolute atomic E-state index is 0.0133. The zero-order valence-electron chi connectivity index (χ0n) is 44.6. The van der Waals surface area contributed by atoms with E-state index in [9.17, 15) is 48.3 Å². The van der Waals surface area contributed by atoms with Crippen molar-refractivity contribution in [1.82, 2.24) is 42.3 Å². The number of carbonyl (C=O) groups is 9. The molecule has 0 aliphatic carbocycles. The fraction of sp³-hybridized carbons (Fsp3) is 0.712. The van der Waals surface area contributed by atoms with E-state index in [4.69, 9.17) is 22.9 Å². The van der Waals surface area contributed by atoms with Crippen LogP contribution in [0.1, 0.15) is 136 Å². The van der Waals surface area contributed by atoms with E-state index in [-0.39, 0.29) is 115 Å². The first-order valence-electron chi connectivity index (χ1n) is 26.7. The van der Waals surface area contributed by atoms with Crippen molar-refractivity contribution in [2.45, 2.75) is 174 Å². The number of hydrogen-bond acceptors (Lipinski definition) is 14. The molecule has 0 unspecified atom stereocenters. The summed E-state index contributed by atoms with van der Waals surface area (Å²) in [4.78, 5) is 126. The van der Waals surface area contributed by atoms with Crippen LogP contribution in [-0.2, 0) is 44.8 Å². The Balaban J connectivity index is 2.68. The number of nitrogens with two attached hydrogens (primary N) is 4. The van der Waals surface area contributed by atoms with Crippen LogP contribution in [0.25, 0.3) is 0 Å². The fourth-order valence-electron chi connectivity index (χ4n) is 8.72. The average molecular weight is 1040 g/mol. The first-order chi connectivity index (χ1) is 35.3. The highest BCUT2D eigenvalue weighted by atomic mass is 16.3. The molecule has 0 spiro atoms. The molecule has 0 saturated carbocycles. The molecule has 1 aromatic rings. The highest BCUT2D eigenvalue weighted by Crippen LogP contribution is 2.19. The maximum Gasteiger partial charge on any atom is 0.336 e. The average Bonchev–Trinajstić information content (AvgIpc) is 3.34. The van der Waals surface area contributed by atoms with Gasteiger partial charge in [0.1, 0.15) is 30.0 Å². The summed E-state index contributed by atoms with van der Waals surface area (Å²) in [6.45, 7) is 8.84. The van der Waals surface area contributed by atoms with E-state index < -0.39 is 102 Å². The first kappa shape index (κ1) is 64.6. The van der Waals surface area contributed by atoms with Crippen LogP contribution >= 0.6 is 0 Å². The molecule has 8 atom stereocenters. The SMILES string of the molecule is CCCCCCC[C@@H](O)CC(=O)C[C@H](CCN)C(=O)N[C@H]1CCNC(=O)[C@H](CC(C)C)NC(=O)N(CCN)NC(=O)[C@H](CCN)NC(=O)[C@H](CC(C)C)NC(=O)[C@@H](Cc2ccccc2)NC(=O)[C@H](CCN)CC1=O. The number of nitrogens with one attached hydrogen (secondary N) is 7. The van der Waals surface area contributed by atoms with Crippen LogP contribution < -0.4 is 60.3 Å². The normalized spacial score (nSPS) is 22.2. The predicted molar refractivity (Wildman–Crippen MR) is 282 cm³/mol. The lowest BCUT2D eigenvalue weighted by Gasteiger charge is -2.29. The molecule has 0 bridgehead atoms. The third-order valence-corrected chi connectivity index (χ3v) is 12.7. The van der Waals surface area contributed by atoms with E-state index in [1.807, 2.05) is 27.7 Å². The van der Waals surface area contributed by atoms with Crippen LogP contribution in [0.3, 0.4) is 0 Å². The number of urea groups is 1. The minimum atomic E-state index is -1.32. The quantitative estimate of drug-likeness (QED) is 0.0562. The van der Waals surface area contributed by atoms with Crippen molar-refractivity contribution in [2.24, 2.45) is 46.6 Å². The molecule has 2 rings (SSSR count). The number of ketones is 2. The van der Waals surface area contributed by atoms with Crippen LogP contribution in [0.2, 0.25) is 0 Å². The van der Waals surface area contributed by atoms with Crippen molar-refractivity contribution in [3.8, 4) is 0 Å². The lowest BCUT2D eigenvalue weighted by Crippen LogP contribution is -2.61. The minimum Gasteiger partial charge on any atom is -0.393 e. The number of unbranched alkanes of at least 4 members (excludes halogenated alkanes) is 4. The summed E-state index contributed by atoms with van der Waals surface area (Å²) in [5.41, 5.74) is 26.8. The summed E-state index contributed by atoms with van der Waals surface area (Å²) in [5, 5.41) is 27.9. The molecule has 22 nitrogen and oxygen atoms in total. The van der Waals surface area contributed by atoms with Crippen molar-refractivity contribution in [1.29, 1.82) is 0 Å². The summed E-state index contributed by atoms with van der Waals surface area (Å²) in [7, 11) is 0. The largest absolute Gasteiger partial charge is 0.393 e. The summed E-state index contributed by atoms with van der Waals surface area (Å²) < 4.78 is 0. The van der Waals surface area contributed by atoms with Crippen molar-refractivity contribution >= 4 is 53.0 Å². The molecule has 22 heteroatoms. The number of aliphatic hydroxyl groups is 1. The molecular weight excluding hydrogens is 953 g/mol. The molecule has 1 heterocycles. The molecule has 0 radical (unpaired) electrons. The molecule has 1 fully saturated rings. The second kappa shape index (κ2) is 35.6. The second-order valence-electron chi connectivity index (χ2n) is 20.3. The van der Waals surface area contributed by atoms with Gasteiger partial charge in [-0.05, 0) is 82.0 Å². The zero-order chi connectivity index (χ0) is 55.2. The molecular formula is C52H90N12O10. The number of hydrazine groups is 1. The molecule has 8 amide bonds. The Morgan fingerprint density at radius 2 is 1.30 bits per heavy atom. The van der Waals surface area contributed by atoms with Crippen LogP contribution in [-0.4, -0.2) is 139 Å². The monoisotopic (exact) mass is 1040 g/mol. The topological polar surface area (TPSA) is 365 Å². The van der Waals surface area contributed by atoms with E-state index in [0.29, 0.717) is 12.0 Å². The number of rotatable bonds is 26. The van der Waals surface area contributed by atoms with Gasteiger partial charge >= 0.3 is 6.03 Å². The molecule has 16 N–H and O–H groups in total. The molecule has 1 aliphatic heterocycles. The Morgan fingerprint density at radius 3 is 1.91 bits per heavy atom. The van der Waals surface area contributed by atoms with Crippen molar-refractivity contribution < 1.29 is 48.3 Å². The van der Waals surface area contributed by atoms with Gasteiger partial charge < -0.3 is 59.9 Å². The number of nitrogens with zero attached hydrogens (tertiary/aromatic N) is 1. The summed E-state index contributed by atoms with van der Waals surface area (Å²) >= 11 is 0. The molecule has 0 aromatic heterocycles. The van der Waals surface area contributed by atoms with Gasteiger partial charge in [-0.25, -0.2) is 9.80 Å². The van der Waals surface area contributed by atoms with Crippen LogP contribution in [0.5, 0.6) is 0 Å². The van der Waals surface area contributed by atoms with Gasteiger partial charge in [-0.2, -0.15) is 0 Å². The number of hydrogen-bond donors (Lipinski definition) is 12. The van der Waals surface area contributed by atoms with Crippen molar-refractivity contribution in [3.63, 3.8) is 0 Å². The summed E-state index contributed by atoms with van der Waals surface area (Å²) in [6, 6.07) is 1.64. The number of Topliss-reactive ketones (excluding diaryl/α,β-unsaturated/α-hetero) is 2. The van der Waals surface area contributed by atoms with E-state index in [1.54, 1.807) is 30.3 Å². The van der Waals surface area contributed by atoms with E-state index in [0.717, 1.165) is 37.1 Å². The van der Waals surface area contributed by atoms with Crippen molar-refractivity contribution in [2.75, 3.05) is 39.3 Å². The maximum absolute atomic E-state index is 14.5. The Morgan fingerprint density at radius 1 is 0.689 bits per heavy atom. The standard InChI is InChI=1S/C52H90N12O10/c1-6-7-8-9-13-16-38(65)32-39(66)30-36(17-21-53)46(68)58-40-20-25-57-48(70)42(27-33(2)3)62-52(74)64(26-24-56)63-51(73)41(19-23-55)59-49(71)43(28-34(4)5)61-50(72)44(29-35-14-11-10-12-15-35)60-47(69)37(18-22-54)31-45(40)67/h10-12,14-15,33-34,36-38,40-44,65H,6-9,13,16-32,53-56H2,1-5H3,(H,57,70)(H,58,68)(H,59,71)(H,60,69)(H,61,72)(H,62,74)(H,63,73)/t36-,37+,38+,40-,41-,42-,43-,44+/m0/s1. The van der Waals surface area contributed by atoms with Crippen molar-refractivity contribution in [3.05, 3.63) is 35.9 Å². The Labute approximate surface area is 437 Å². The lowest BCUT2D eigenvalue weighted by atomic mass is 9.91. The van der Waals surface area contributed by atoms with Gasteiger partial charge in [0.15, 0.2) is 5.78 Å². The Kier molecular flexibility index (Phi) is 31.1. The first-order valence-corrected chi connectivity index (χ1v) is 26.7. The van der Waals surface area contributed by atoms with Gasteiger partial charge in [0.25, 0.3) is 5.91 Å². The number of aliphatic hydroxyl groups excluding tert-OH is 1. The number of amides is 8. The maximum atomic E-state index is 14.5. The van der Waals surface area contributed by atoms with Gasteiger partial charge in [0.2, 0.25) is 29.5 Å². The fourth-order valence-corrected chi connectivity index (χ4v) is 8.72. The third kappa shape index (κ3) is 24.7. The van der Waals surface area contributed by atoms with E-state index in [2.05, 4.69) is 44.3 Å².